The van der Waals surface area contributed by atoms with Crippen molar-refractivity contribution in [1.82, 2.24) is 4.98 Å². The van der Waals surface area contributed by atoms with Gasteiger partial charge in [0, 0.05) is 17.4 Å². The van der Waals surface area contributed by atoms with Gasteiger partial charge in [0.05, 0.1) is 6.04 Å². The maximum absolute atomic E-state index is 6.08. The zero-order valence-corrected chi connectivity index (χ0v) is 8.85. The van der Waals surface area contributed by atoms with Gasteiger partial charge in [0.15, 0.2) is 0 Å². The van der Waals surface area contributed by atoms with Crippen LogP contribution >= 0.6 is 11.6 Å². The van der Waals surface area contributed by atoms with Crippen molar-refractivity contribution in [2.45, 2.75) is 6.04 Å². The molecule has 0 aliphatic rings. The summed E-state index contributed by atoms with van der Waals surface area (Å²) < 4.78 is 0. The Morgan fingerprint density at radius 1 is 1.07 bits per heavy atom. The second-order valence-electron chi connectivity index (χ2n) is 3.32. The highest BCUT2D eigenvalue weighted by Gasteiger charge is 2.07. The van der Waals surface area contributed by atoms with E-state index in [0.29, 0.717) is 0 Å². The number of rotatable bonds is 2. The standard InChI is InChI=1S/C12H11ClN2/c13-11-5-3-9(4-6-11)12(14)10-2-1-7-15-8-10/h1-8,12H,14H2. The van der Waals surface area contributed by atoms with Gasteiger partial charge in [0.25, 0.3) is 0 Å². The van der Waals surface area contributed by atoms with Crippen molar-refractivity contribution in [2.24, 2.45) is 5.73 Å². The molecule has 1 heterocycles. The fourth-order valence-electron chi connectivity index (χ4n) is 1.42. The molecule has 0 spiro atoms. The zero-order chi connectivity index (χ0) is 10.7. The van der Waals surface area contributed by atoms with E-state index in [4.69, 9.17) is 17.3 Å². The first-order chi connectivity index (χ1) is 7.27. The lowest BCUT2D eigenvalue weighted by molar-refractivity contribution is 0.863. The van der Waals surface area contributed by atoms with E-state index >= 15 is 0 Å². The summed E-state index contributed by atoms with van der Waals surface area (Å²) in [6, 6.07) is 11.2. The molecule has 0 bridgehead atoms. The van der Waals surface area contributed by atoms with Crippen LogP contribution < -0.4 is 5.73 Å². The Hall–Kier alpha value is -1.38. The molecule has 3 heteroatoms. The molecule has 15 heavy (non-hydrogen) atoms. The van der Waals surface area contributed by atoms with Gasteiger partial charge < -0.3 is 5.73 Å². The summed E-state index contributed by atoms with van der Waals surface area (Å²) in [5.74, 6) is 0. The molecule has 2 aromatic rings. The maximum Gasteiger partial charge on any atom is 0.0566 e. The van der Waals surface area contributed by atoms with E-state index in [9.17, 15) is 0 Å². The molecule has 1 aromatic heterocycles. The lowest BCUT2D eigenvalue weighted by Crippen LogP contribution is -2.11. The molecule has 1 unspecified atom stereocenters. The highest BCUT2D eigenvalue weighted by molar-refractivity contribution is 6.30. The number of benzene rings is 1. The summed E-state index contributed by atoms with van der Waals surface area (Å²) in [6.45, 7) is 0. The number of pyridine rings is 1. The van der Waals surface area contributed by atoms with Crippen molar-refractivity contribution in [2.75, 3.05) is 0 Å². The lowest BCUT2D eigenvalue weighted by Gasteiger charge is -2.11. The van der Waals surface area contributed by atoms with E-state index in [1.807, 2.05) is 36.4 Å². The predicted molar refractivity (Wildman–Crippen MR) is 61.7 cm³/mol. The average Bonchev–Trinajstić information content (AvgIpc) is 2.30. The Morgan fingerprint density at radius 3 is 2.40 bits per heavy atom. The molecule has 2 rings (SSSR count). The molecular weight excluding hydrogens is 208 g/mol. The Kier molecular flexibility index (Phi) is 2.99. The van der Waals surface area contributed by atoms with Crippen LogP contribution in [-0.4, -0.2) is 4.98 Å². The summed E-state index contributed by atoms with van der Waals surface area (Å²) in [4.78, 5) is 4.04. The topological polar surface area (TPSA) is 38.9 Å². The van der Waals surface area contributed by atoms with Gasteiger partial charge in [0.2, 0.25) is 0 Å². The second-order valence-corrected chi connectivity index (χ2v) is 3.75. The molecule has 2 nitrogen and oxygen atoms in total. The van der Waals surface area contributed by atoms with E-state index < -0.39 is 0 Å². The molecule has 0 aliphatic carbocycles. The fraction of sp³-hybridized carbons (Fsp3) is 0.0833. The van der Waals surface area contributed by atoms with Gasteiger partial charge in [0.1, 0.15) is 0 Å². The van der Waals surface area contributed by atoms with Crippen LogP contribution in [-0.2, 0) is 0 Å². The number of hydrogen-bond acceptors (Lipinski definition) is 2. The molecule has 0 fully saturated rings. The third-order valence-corrected chi connectivity index (χ3v) is 2.52. The van der Waals surface area contributed by atoms with Gasteiger partial charge in [-0.2, -0.15) is 0 Å². The van der Waals surface area contributed by atoms with E-state index in [0.717, 1.165) is 16.1 Å². The summed E-state index contributed by atoms with van der Waals surface area (Å²) >= 11 is 5.81. The smallest absolute Gasteiger partial charge is 0.0566 e. The van der Waals surface area contributed by atoms with Crippen molar-refractivity contribution in [1.29, 1.82) is 0 Å². The van der Waals surface area contributed by atoms with E-state index in [-0.39, 0.29) is 6.04 Å². The first-order valence-corrected chi connectivity index (χ1v) is 5.06. The quantitative estimate of drug-likeness (QED) is 0.842. The zero-order valence-electron chi connectivity index (χ0n) is 8.10. The van der Waals surface area contributed by atoms with Gasteiger partial charge in [-0.15, -0.1) is 0 Å². The molecule has 0 amide bonds. The van der Waals surface area contributed by atoms with Gasteiger partial charge >= 0.3 is 0 Å². The van der Waals surface area contributed by atoms with Crippen molar-refractivity contribution in [3.63, 3.8) is 0 Å². The summed E-state index contributed by atoms with van der Waals surface area (Å²) in [5, 5.41) is 0.720. The fourth-order valence-corrected chi connectivity index (χ4v) is 1.55. The van der Waals surface area contributed by atoms with Crippen LogP contribution in [0.1, 0.15) is 17.2 Å². The van der Waals surface area contributed by atoms with Crippen LogP contribution in [0.5, 0.6) is 0 Å². The number of halogens is 1. The number of nitrogens with two attached hydrogens (primary N) is 1. The SMILES string of the molecule is NC(c1ccc(Cl)cc1)c1cccnc1. The largest absolute Gasteiger partial charge is 0.320 e. The Labute approximate surface area is 93.7 Å². The highest BCUT2D eigenvalue weighted by atomic mass is 35.5. The van der Waals surface area contributed by atoms with Crippen LogP contribution in [0.3, 0.4) is 0 Å². The minimum atomic E-state index is -0.143. The molecule has 0 saturated carbocycles. The Balaban J connectivity index is 2.29. The first kappa shape index (κ1) is 10.1. The van der Waals surface area contributed by atoms with Crippen LogP contribution in [0.2, 0.25) is 5.02 Å². The van der Waals surface area contributed by atoms with Crippen molar-refractivity contribution >= 4 is 11.6 Å². The molecule has 0 saturated heterocycles. The van der Waals surface area contributed by atoms with Crippen molar-refractivity contribution < 1.29 is 0 Å². The van der Waals surface area contributed by atoms with Gasteiger partial charge in [-0.25, -0.2) is 0 Å². The third-order valence-electron chi connectivity index (χ3n) is 2.27. The van der Waals surface area contributed by atoms with E-state index in [1.54, 1.807) is 12.4 Å². The van der Waals surface area contributed by atoms with Gasteiger partial charge in [-0.05, 0) is 29.3 Å². The highest BCUT2D eigenvalue weighted by Crippen LogP contribution is 2.20. The van der Waals surface area contributed by atoms with E-state index in [1.165, 1.54) is 0 Å². The Morgan fingerprint density at radius 2 is 1.80 bits per heavy atom. The van der Waals surface area contributed by atoms with Crippen molar-refractivity contribution in [3.05, 3.63) is 64.9 Å². The number of nitrogens with zero attached hydrogens (tertiary/aromatic N) is 1. The third kappa shape index (κ3) is 2.35. The summed E-state index contributed by atoms with van der Waals surface area (Å²) in [6.07, 6.45) is 3.51. The van der Waals surface area contributed by atoms with E-state index in [2.05, 4.69) is 4.98 Å². The number of aromatic nitrogens is 1. The molecular formula is C12H11ClN2. The molecule has 0 aliphatic heterocycles. The van der Waals surface area contributed by atoms with Crippen molar-refractivity contribution in [3.8, 4) is 0 Å². The molecule has 1 aromatic carbocycles. The minimum Gasteiger partial charge on any atom is -0.320 e. The Bertz CT molecular complexity index is 425. The lowest BCUT2D eigenvalue weighted by atomic mass is 10.0. The van der Waals surface area contributed by atoms with Crippen LogP contribution in [0.25, 0.3) is 0 Å². The average molecular weight is 219 g/mol. The first-order valence-electron chi connectivity index (χ1n) is 4.68. The molecule has 76 valence electrons. The maximum atomic E-state index is 6.08. The number of hydrogen-bond donors (Lipinski definition) is 1. The van der Waals surface area contributed by atoms with Crippen LogP contribution in [0, 0.1) is 0 Å². The monoisotopic (exact) mass is 218 g/mol. The minimum absolute atomic E-state index is 0.143. The van der Waals surface area contributed by atoms with Gasteiger partial charge in [-0.1, -0.05) is 29.8 Å². The molecule has 2 N–H and O–H groups in total. The molecule has 1 atom stereocenters. The normalized spacial score (nSPS) is 12.4. The summed E-state index contributed by atoms with van der Waals surface area (Å²) in [7, 11) is 0. The predicted octanol–water partition coefficient (Wildman–Crippen LogP) is 2.78. The summed E-state index contributed by atoms with van der Waals surface area (Å²) in [5.41, 5.74) is 8.12. The van der Waals surface area contributed by atoms with Crippen LogP contribution in [0.15, 0.2) is 48.8 Å². The van der Waals surface area contributed by atoms with Gasteiger partial charge in [-0.3, -0.25) is 4.98 Å². The second kappa shape index (κ2) is 4.43. The van der Waals surface area contributed by atoms with Crippen LogP contribution in [0.4, 0.5) is 0 Å². The molecule has 0 radical (unpaired) electrons.